The predicted octanol–water partition coefficient (Wildman–Crippen LogP) is 23.3. The molecule has 4 N–H and O–H groups in total. The van der Waals surface area contributed by atoms with Crippen molar-refractivity contribution in [2.45, 2.75) is 262 Å². The van der Waals surface area contributed by atoms with Gasteiger partial charge in [0, 0.05) is 58.6 Å². The molecule has 6 bridgehead atoms. The molecule has 1 aliphatic carbocycles. The normalized spacial score (nSPS) is 19.3. The summed E-state index contributed by atoms with van der Waals surface area (Å²) in [5.74, 6) is 1.97. The number of oxazole rings is 1. The van der Waals surface area contributed by atoms with Gasteiger partial charge in [-0.25, -0.2) is 18.5 Å². The molecule has 1 saturated carbocycles. The van der Waals surface area contributed by atoms with Crippen LogP contribution in [0.15, 0.2) is 196 Å². The number of thioether (sulfide) groups is 1. The molecule has 15 rings (SSSR count). The fourth-order valence-electron chi connectivity index (χ4n) is 9.19. The minimum Gasteiger partial charge on any atom is -0.473 e. The van der Waals surface area contributed by atoms with Crippen molar-refractivity contribution in [3.63, 3.8) is 0 Å². The highest BCUT2D eigenvalue weighted by molar-refractivity contribution is 8.01. The third kappa shape index (κ3) is 47.3. The first-order valence-corrected chi connectivity index (χ1v) is 37.5. The van der Waals surface area contributed by atoms with Crippen LogP contribution in [-0.2, 0) is 19.5 Å². The number of benzene rings is 2. The highest BCUT2D eigenvalue weighted by atomic mass is 32.2. The maximum Gasteiger partial charge on any atom is 0.238 e. The Kier molecular flexibility index (Phi) is 74.6. The van der Waals surface area contributed by atoms with Gasteiger partial charge in [0.05, 0.1) is 53.5 Å². The Morgan fingerprint density at radius 3 is 1.20 bits per heavy atom. The van der Waals surface area contributed by atoms with Crippen molar-refractivity contribution in [2.24, 2.45) is 17.0 Å². The average Bonchev–Trinajstić information content (AvgIpc) is 1.89. The molecule has 4 unspecified atom stereocenters. The van der Waals surface area contributed by atoms with Crippen molar-refractivity contribution in [1.82, 2.24) is 24.9 Å². The highest BCUT2D eigenvalue weighted by Crippen LogP contribution is 2.51. The van der Waals surface area contributed by atoms with Gasteiger partial charge in [0.25, 0.3) is 0 Å². The molecular weight excluding hydrogens is 1170 g/mol. The summed E-state index contributed by atoms with van der Waals surface area (Å²) in [7, 11) is -3.50. The summed E-state index contributed by atoms with van der Waals surface area (Å²) >= 11 is 3.83. The summed E-state index contributed by atoms with van der Waals surface area (Å²) in [6.45, 7) is 40.0. The van der Waals surface area contributed by atoms with E-state index >= 15 is 0 Å². The molecular formula is C74H128N6O6S3. The van der Waals surface area contributed by atoms with Crippen LogP contribution in [0.1, 0.15) is 222 Å². The average molecular weight is 1290 g/mol. The minimum absolute atomic E-state index is 0.148. The number of nitrogens with two attached hydrogens (primary N) is 1. The molecule has 7 aliphatic rings. The van der Waals surface area contributed by atoms with Gasteiger partial charge in [0.2, 0.25) is 10.0 Å². The van der Waals surface area contributed by atoms with Gasteiger partial charge in [0.15, 0.2) is 6.39 Å². The first kappa shape index (κ1) is 92.4. The van der Waals surface area contributed by atoms with E-state index in [2.05, 4.69) is 63.7 Å². The number of hydrogen-bond donors (Lipinski definition) is 3. The summed E-state index contributed by atoms with van der Waals surface area (Å²) in [6.07, 6.45) is 40.0. The minimum atomic E-state index is -3.50. The first-order chi connectivity index (χ1) is 43.9. The number of H-pyrrole nitrogens is 2. The van der Waals surface area contributed by atoms with Crippen LogP contribution >= 0.6 is 23.1 Å². The Balaban J connectivity index is -0.000000287. The zero-order valence-electron chi connectivity index (χ0n) is 59.2. The molecule has 7 fully saturated rings. The Morgan fingerprint density at radius 2 is 0.933 bits per heavy atom. The molecule has 8 aromatic rings. The van der Waals surface area contributed by atoms with Crippen LogP contribution < -0.4 is 5.14 Å². The van der Waals surface area contributed by atoms with Gasteiger partial charge in [-0.15, -0.1) is 11.3 Å². The van der Waals surface area contributed by atoms with E-state index in [0.29, 0.717) is 24.4 Å². The number of ether oxygens (including phenoxy) is 2. The van der Waals surface area contributed by atoms with Crippen molar-refractivity contribution in [3.05, 3.63) is 183 Å². The standard InChI is InChI=1S/C9H14O.C8H7N.C6H7NO2S.C6H10O.C6H10S.C5H5N.C4H5N.C4H4O.C3H3NO.C3H3NS.10C2H6/c1-2-6-7(3-1)9-5-4-8(6)10-9;1-2-4-8-7(3-1)5-6-9-8;7-10(8,9)6-4-2-1-3-5-6;2*1-2-6-4-3-5(1)7-6;1-2-4-6-5-3-1;2*1-2-4-5-3-1;2*1-2-5-3-4-1;10*1-2/h6-9H,1-5H2;1-6,9H;1-5H,(H2,7,8,9);2*5-6H,1-4H2;1-5H;1-5H;1-4H;2*1-3H;10*1-2H3. The van der Waals surface area contributed by atoms with Crippen LogP contribution in [0.2, 0.25) is 0 Å². The molecule has 6 aromatic heterocycles. The SMILES string of the molecule is C1CC2C3CCC(O3)C2C1.C1CC2CCC1O2.C1CC2CCC1S2.CC.CC.CC.CC.CC.CC.CC.CC.CC.CC.NS(=O)(=O)c1ccccc1.c1cc[nH]c1.c1ccc2[nH]ccc2c1.c1ccncc1.c1ccoc1.c1cocn1.c1cscn1. The van der Waals surface area contributed by atoms with E-state index in [4.69, 9.17) is 14.6 Å². The zero-order chi connectivity index (χ0) is 68.0. The lowest BCUT2D eigenvalue weighted by Crippen LogP contribution is -2.21. The number of pyridine rings is 1. The van der Waals surface area contributed by atoms with Crippen LogP contribution in [-0.4, -0.2) is 68.3 Å². The first-order valence-electron chi connectivity index (χ1n) is 34.0. The van der Waals surface area contributed by atoms with Crippen LogP contribution in [0.5, 0.6) is 0 Å². The number of para-hydroxylation sites is 1. The maximum absolute atomic E-state index is 10.6. The highest BCUT2D eigenvalue weighted by Gasteiger charge is 2.50. The number of primary sulfonamides is 1. The van der Waals surface area contributed by atoms with E-state index in [1.54, 1.807) is 72.4 Å². The van der Waals surface area contributed by atoms with E-state index in [-0.39, 0.29) is 4.90 Å². The topological polar surface area (TPSA) is 175 Å². The Morgan fingerprint density at radius 1 is 0.449 bits per heavy atom. The van der Waals surface area contributed by atoms with Crippen molar-refractivity contribution in [2.75, 3.05) is 0 Å². The molecule has 6 aliphatic heterocycles. The maximum atomic E-state index is 10.6. The van der Waals surface area contributed by atoms with E-state index in [1.807, 2.05) is 217 Å². The van der Waals surface area contributed by atoms with Gasteiger partial charge in [-0.2, -0.15) is 11.8 Å². The molecule has 15 heteroatoms. The molecule has 0 spiro atoms. The number of nitrogens with one attached hydrogen (secondary N) is 2. The second-order valence-corrected chi connectivity index (χ2v) is 21.0. The molecule has 0 amide bonds. The second-order valence-electron chi connectivity index (χ2n) is 17.1. The van der Waals surface area contributed by atoms with Crippen molar-refractivity contribution in [1.29, 1.82) is 0 Å². The number of aromatic amines is 2. The third-order valence-corrected chi connectivity index (χ3v) is 15.6. The van der Waals surface area contributed by atoms with Gasteiger partial charge in [-0.3, -0.25) is 9.97 Å². The van der Waals surface area contributed by atoms with E-state index in [9.17, 15) is 8.42 Å². The summed E-state index contributed by atoms with van der Waals surface area (Å²) < 4.78 is 41.6. The van der Waals surface area contributed by atoms with Crippen LogP contribution in [0.25, 0.3) is 10.9 Å². The van der Waals surface area contributed by atoms with Crippen molar-refractivity contribution < 1.29 is 26.7 Å². The zero-order valence-corrected chi connectivity index (χ0v) is 61.7. The molecule has 2 aromatic carbocycles. The quantitative estimate of drug-likeness (QED) is 0.143. The van der Waals surface area contributed by atoms with Crippen molar-refractivity contribution >= 4 is 44.0 Å². The number of fused-ring (bicyclic) bond motifs is 10. The van der Waals surface area contributed by atoms with E-state index in [0.717, 1.165) is 22.3 Å². The molecule has 0 radical (unpaired) electrons. The number of aromatic nitrogens is 5. The van der Waals surface area contributed by atoms with E-state index < -0.39 is 10.0 Å². The molecule has 89 heavy (non-hydrogen) atoms. The van der Waals surface area contributed by atoms with Crippen LogP contribution in [0.4, 0.5) is 0 Å². The molecule has 6 saturated heterocycles. The number of sulfonamides is 1. The Labute approximate surface area is 553 Å². The third-order valence-electron chi connectivity index (χ3n) is 12.4. The van der Waals surface area contributed by atoms with Crippen LogP contribution in [0, 0.1) is 11.8 Å². The van der Waals surface area contributed by atoms with Gasteiger partial charge < -0.3 is 28.3 Å². The second kappa shape index (κ2) is 71.8. The van der Waals surface area contributed by atoms with Crippen molar-refractivity contribution in [3.8, 4) is 0 Å². The Hall–Kier alpha value is -5.29. The van der Waals surface area contributed by atoms with Gasteiger partial charge in [-0.1, -0.05) is 187 Å². The largest absolute Gasteiger partial charge is 0.473 e. The molecule has 508 valence electrons. The van der Waals surface area contributed by atoms with E-state index in [1.165, 1.54) is 119 Å². The fourth-order valence-corrected chi connectivity index (χ4v) is 11.7. The lowest BCUT2D eigenvalue weighted by molar-refractivity contribution is 0.0814. The molecule has 12 nitrogen and oxygen atoms in total. The number of furan rings is 1. The summed E-state index contributed by atoms with van der Waals surface area (Å²) in [5.41, 5.74) is 3.00. The Bertz CT molecular complexity index is 2180. The van der Waals surface area contributed by atoms with Crippen LogP contribution in [0.3, 0.4) is 0 Å². The number of hydrogen-bond acceptors (Lipinski definition) is 11. The molecule has 4 atom stereocenters. The lowest BCUT2D eigenvalue weighted by Gasteiger charge is -2.19. The summed E-state index contributed by atoms with van der Waals surface area (Å²) in [6, 6.07) is 31.4. The fraction of sp³-hybridized carbons (Fsp3) is 0.554. The number of rotatable bonds is 1. The van der Waals surface area contributed by atoms with Gasteiger partial charge in [0.1, 0.15) is 6.26 Å². The number of nitrogens with zero attached hydrogens (tertiary/aromatic N) is 3. The lowest BCUT2D eigenvalue weighted by atomic mass is 9.82. The predicted molar refractivity (Wildman–Crippen MR) is 391 cm³/mol. The molecule has 12 heterocycles. The smallest absolute Gasteiger partial charge is 0.238 e. The van der Waals surface area contributed by atoms with Gasteiger partial charge in [-0.05, 0) is 155 Å². The summed E-state index contributed by atoms with van der Waals surface area (Å²) in [5, 5.41) is 10.2. The van der Waals surface area contributed by atoms with Gasteiger partial charge >= 0.3 is 0 Å². The monoisotopic (exact) mass is 1290 g/mol. The number of thiazole rings is 1. The summed E-state index contributed by atoms with van der Waals surface area (Å²) in [4.78, 5) is 17.2.